The van der Waals surface area contributed by atoms with E-state index in [9.17, 15) is 0 Å². The normalized spacial score (nSPS) is 16.0. The summed E-state index contributed by atoms with van der Waals surface area (Å²) < 4.78 is 56.1. The molecule has 53 heavy (non-hydrogen) atoms. The SMILES string of the molecule is CCC(COCC(CC)(COC(C)Oc1ccccc1)COC(C)Oc1ccccc1)(COC(C)Oc1ccccc1)COC(C)Oc1ccccc1. The summed E-state index contributed by atoms with van der Waals surface area (Å²) in [6, 6.07) is 38.6. The maximum absolute atomic E-state index is 6.67. The molecule has 0 radical (unpaired) electrons. The molecule has 9 nitrogen and oxygen atoms in total. The van der Waals surface area contributed by atoms with Crippen LogP contribution in [-0.4, -0.2) is 64.8 Å². The summed E-state index contributed by atoms with van der Waals surface area (Å²) in [5.41, 5.74) is -1.03. The Morgan fingerprint density at radius 1 is 0.358 bits per heavy atom. The lowest BCUT2D eigenvalue weighted by Gasteiger charge is -2.37. The Bertz CT molecular complexity index is 1290. The molecule has 0 aromatic heterocycles. The molecule has 288 valence electrons. The number of benzene rings is 4. The Kier molecular flexibility index (Phi) is 17.4. The number of hydrogen-bond donors (Lipinski definition) is 0. The Morgan fingerprint density at radius 2 is 0.585 bits per heavy atom. The van der Waals surface area contributed by atoms with Gasteiger partial charge in [-0.05, 0) is 89.1 Å². The molecule has 9 heteroatoms. The molecule has 4 atom stereocenters. The monoisotopic (exact) mass is 730 g/mol. The molecule has 0 N–H and O–H groups in total. The zero-order valence-electron chi connectivity index (χ0n) is 32.2. The van der Waals surface area contributed by atoms with Gasteiger partial charge in [-0.3, -0.25) is 0 Å². The molecule has 0 fully saturated rings. The zero-order chi connectivity index (χ0) is 37.8. The van der Waals surface area contributed by atoms with Crippen molar-refractivity contribution in [3.05, 3.63) is 121 Å². The molecule has 4 unspecified atom stereocenters. The van der Waals surface area contributed by atoms with Crippen LogP contribution in [0.4, 0.5) is 0 Å². The summed E-state index contributed by atoms with van der Waals surface area (Å²) in [6.07, 6.45) is -0.520. The Labute approximate surface area is 316 Å². The minimum Gasteiger partial charge on any atom is -0.465 e. The van der Waals surface area contributed by atoms with Gasteiger partial charge in [0.2, 0.25) is 0 Å². The molecule has 0 amide bonds. The van der Waals surface area contributed by atoms with Crippen LogP contribution < -0.4 is 18.9 Å². The van der Waals surface area contributed by atoms with Crippen LogP contribution in [0.15, 0.2) is 121 Å². The molecule has 0 saturated carbocycles. The van der Waals surface area contributed by atoms with Crippen LogP contribution in [0.3, 0.4) is 0 Å². The second-order valence-electron chi connectivity index (χ2n) is 13.4. The van der Waals surface area contributed by atoms with Crippen LogP contribution in [0, 0.1) is 10.8 Å². The van der Waals surface area contributed by atoms with Gasteiger partial charge in [-0.2, -0.15) is 0 Å². The maximum atomic E-state index is 6.67. The summed E-state index contributed by atoms with van der Waals surface area (Å²) in [5, 5.41) is 0. The quantitative estimate of drug-likeness (QED) is 0.0587. The van der Waals surface area contributed by atoms with Gasteiger partial charge in [0.05, 0.1) is 39.6 Å². The fraction of sp³-hybridized carbons (Fsp3) is 0.455. The van der Waals surface area contributed by atoms with Crippen molar-refractivity contribution in [2.75, 3.05) is 39.6 Å². The predicted molar refractivity (Wildman–Crippen MR) is 206 cm³/mol. The van der Waals surface area contributed by atoms with Crippen molar-refractivity contribution in [2.24, 2.45) is 10.8 Å². The Hall–Kier alpha value is -4.12. The lowest BCUT2D eigenvalue weighted by molar-refractivity contribution is -0.178. The number of rotatable bonds is 26. The Morgan fingerprint density at radius 3 is 0.792 bits per heavy atom. The maximum Gasteiger partial charge on any atom is 0.197 e. The van der Waals surface area contributed by atoms with Crippen molar-refractivity contribution >= 4 is 0 Å². The molecule has 0 aliphatic rings. The smallest absolute Gasteiger partial charge is 0.197 e. The van der Waals surface area contributed by atoms with Crippen LogP contribution in [0.2, 0.25) is 0 Å². The zero-order valence-corrected chi connectivity index (χ0v) is 32.2. The summed E-state index contributed by atoms with van der Waals surface area (Å²) in [5.74, 6) is 2.96. The van der Waals surface area contributed by atoms with Crippen molar-refractivity contribution in [1.29, 1.82) is 0 Å². The highest BCUT2D eigenvalue weighted by Crippen LogP contribution is 2.31. The molecule has 4 aromatic rings. The first kappa shape index (κ1) is 41.6. The molecule has 0 heterocycles. The first-order valence-corrected chi connectivity index (χ1v) is 18.6. The van der Waals surface area contributed by atoms with Gasteiger partial charge in [0, 0.05) is 10.8 Å². The van der Waals surface area contributed by atoms with E-state index in [0.717, 1.165) is 35.8 Å². The average molecular weight is 731 g/mol. The fourth-order valence-corrected chi connectivity index (χ4v) is 5.42. The van der Waals surface area contributed by atoms with Crippen LogP contribution in [0.1, 0.15) is 54.4 Å². The third-order valence-corrected chi connectivity index (χ3v) is 8.99. The highest BCUT2D eigenvalue weighted by molar-refractivity contribution is 5.23. The van der Waals surface area contributed by atoms with Gasteiger partial charge in [0.25, 0.3) is 0 Å². The Balaban J connectivity index is 1.45. The van der Waals surface area contributed by atoms with Crippen molar-refractivity contribution in [3.63, 3.8) is 0 Å². The van der Waals surface area contributed by atoms with Crippen molar-refractivity contribution in [2.45, 2.75) is 79.5 Å². The van der Waals surface area contributed by atoms with Gasteiger partial charge in [-0.25, -0.2) is 0 Å². The van der Waals surface area contributed by atoms with E-state index in [-0.39, 0.29) is 0 Å². The van der Waals surface area contributed by atoms with E-state index in [1.54, 1.807) is 0 Å². The molecule has 4 rings (SSSR count). The molecule has 0 aliphatic carbocycles. The molecule has 4 aromatic carbocycles. The van der Waals surface area contributed by atoms with E-state index < -0.39 is 36.0 Å². The molecule has 0 aliphatic heterocycles. The largest absolute Gasteiger partial charge is 0.465 e. The highest BCUT2D eigenvalue weighted by atomic mass is 16.7. The summed E-state index contributed by atoms with van der Waals surface area (Å²) in [4.78, 5) is 0. The van der Waals surface area contributed by atoms with Gasteiger partial charge in [-0.15, -0.1) is 0 Å². The highest BCUT2D eigenvalue weighted by Gasteiger charge is 2.36. The van der Waals surface area contributed by atoms with E-state index in [1.807, 2.05) is 149 Å². The average Bonchev–Trinajstić information content (AvgIpc) is 3.18. The van der Waals surface area contributed by atoms with Crippen LogP contribution in [-0.2, 0) is 23.7 Å². The predicted octanol–water partition coefficient (Wildman–Crippen LogP) is 9.56. The molecule has 0 bridgehead atoms. The minimum atomic E-state index is -0.517. The lowest BCUT2D eigenvalue weighted by Crippen LogP contribution is -2.44. The minimum absolute atomic E-state index is 0.339. The lowest BCUT2D eigenvalue weighted by atomic mass is 9.86. The van der Waals surface area contributed by atoms with Crippen LogP contribution in [0.25, 0.3) is 0 Å². The second kappa shape index (κ2) is 22.2. The standard InChI is InChI=1S/C44H58O9/c1-7-43(31-46-35(3)50-39-21-13-9-14-22-39,32-47-36(4)51-40-23-15-10-16-24-40)29-45-30-44(8-2,33-48-37(5)52-41-25-17-11-18-26-41)34-49-38(6)53-42-27-19-12-20-28-42/h9-28,35-38H,7-8,29-34H2,1-6H3. The van der Waals surface area contributed by atoms with Gasteiger partial charge in [-0.1, -0.05) is 86.6 Å². The molecule has 0 saturated heterocycles. The van der Waals surface area contributed by atoms with E-state index >= 15 is 0 Å². The van der Waals surface area contributed by atoms with Crippen molar-refractivity contribution in [3.8, 4) is 23.0 Å². The number of hydrogen-bond acceptors (Lipinski definition) is 9. The van der Waals surface area contributed by atoms with E-state index in [4.69, 9.17) is 42.6 Å². The fourth-order valence-electron chi connectivity index (χ4n) is 5.42. The third kappa shape index (κ3) is 15.0. The van der Waals surface area contributed by atoms with E-state index in [0.29, 0.717) is 39.6 Å². The van der Waals surface area contributed by atoms with Crippen LogP contribution in [0.5, 0.6) is 23.0 Å². The second-order valence-corrected chi connectivity index (χ2v) is 13.4. The number of ether oxygens (including phenoxy) is 9. The van der Waals surface area contributed by atoms with Gasteiger partial charge in [0.15, 0.2) is 25.2 Å². The third-order valence-electron chi connectivity index (χ3n) is 8.99. The van der Waals surface area contributed by atoms with Gasteiger partial charge < -0.3 is 42.6 Å². The number of para-hydroxylation sites is 4. The molecular formula is C44H58O9. The first-order valence-electron chi connectivity index (χ1n) is 18.6. The van der Waals surface area contributed by atoms with Gasteiger partial charge in [0.1, 0.15) is 23.0 Å². The topological polar surface area (TPSA) is 83.1 Å². The summed E-state index contributed by atoms with van der Waals surface area (Å²) >= 11 is 0. The molecule has 0 spiro atoms. The molecular weight excluding hydrogens is 672 g/mol. The summed E-state index contributed by atoms with van der Waals surface area (Å²) in [6.45, 7) is 13.9. The summed E-state index contributed by atoms with van der Waals surface area (Å²) in [7, 11) is 0. The van der Waals surface area contributed by atoms with Crippen molar-refractivity contribution in [1.82, 2.24) is 0 Å². The van der Waals surface area contributed by atoms with E-state index in [1.165, 1.54) is 0 Å². The van der Waals surface area contributed by atoms with Gasteiger partial charge >= 0.3 is 0 Å². The van der Waals surface area contributed by atoms with E-state index in [2.05, 4.69) is 13.8 Å². The first-order chi connectivity index (χ1) is 25.7. The van der Waals surface area contributed by atoms with Crippen LogP contribution >= 0.6 is 0 Å². The van der Waals surface area contributed by atoms with Crippen molar-refractivity contribution < 1.29 is 42.6 Å².